The molecule has 3 rings (SSSR count). The maximum absolute atomic E-state index is 12.5. The van der Waals surface area contributed by atoms with Crippen LogP contribution in [0.1, 0.15) is 29.2 Å². The fraction of sp³-hybridized carbons (Fsp3) is 0.333. The Kier molecular flexibility index (Phi) is 4.18. The van der Waals surface area contributed by atoms with Gasteiger partial charge in [-0.15, -0.1) is 0 Å². The number of fused-ring (bicyclic) bond motifs is 1. The number of aromatic nitrogens is 3. The average Bonchev–Trinajstić information content (AvgIpc) is 2.93. The van der Waals surface area contributed by atoms with Gasteiger partial charge in [-0.05, 0) is 50.3 Å². The molecular weight excluding hydrogens is 330 g/mol. The minimum absolute atomic E-state index is 0.00555. The van der Waals surface area contributed by atoms with E-state index in [0.29, 0.717) is 18.1 Å². The monoisotopic (exact) mass is 347 g/mol. The third-order valence-electron chi connectivity index (χ3n) is 3.70. The van der Waals surface area contributed by atoms with Crippen molar-refractivity contribution in [2.24, 2.45) is 0 Å². The quantitative estimate of drug-likeness (QED) is 0.869. The molecule has 1 aromatic carbocycles. The van der Waals surface area contributed by atoms with Crippen LogP contribution < -0.4 is 10.0 Å². The standard InChI is InChI=1S/C15H17N5O3S/c1-9-16-10(2)18-14(17-9)19-15(21)20-24(22,23)13-8-4-6-11-5-3-7-12(11)13/h4,6,8H,3,5,7H2,1-2H3,(H2,16,17,18,19,20,21). The Bertz CT molecular complexity index is 891. The van der Waals surface area contributed by atoms with Gasteiger partial charge < -0.3 is 0 Å². The van der Waals surface area contributed by atoms with Crippen molar-refractivity contribution >= 4 is 22.0 Å². The maximum Gasteiger partial charge on any atom is 0.335 e. The fourth-order valence-electron chi connectivity index (χ4n) is 2.81. The van der Waals surface area contributed by atoms with Crippen molar-refractivity contribution in [3.8, 4) is 0 Å². The number of nitrogens with zero attached hydrogens (tertiary/aromatic N) is 3. The van der Waals surface area contributed by atoms with E-state index in [-0.39, 0.29) is 10.8 Å². The molecule has 9 heteroatoms. The van der Waals surface area contributed by atoms with Crippen LogP contribution in [0.2, 0.25) is 0 Å². The van der Waals surface area contributed by atoms with Crippen molar-refractivity contribution in [2.45, 2.75) is 38.0 Å². The molecule has 0 aliphatic heterocycles. The molecular formula is C15H17N5O3S. The molecule has 126 valence electrons. The summed E-state index contributed by atoms with van der Waals surface area (Å²) in [6.45, 7) is 3.31. The summed E-state index contributed by atoms with van der Waals surface area (Å²) in [7, 11) is -3.96. The van der Waals surface area contributed by atoms with Gasteiger partial charge in [-0.2, -0.15) is 9.97 Å². The van der Waals surface area contributed by atoms with E-state index in [0.717, 1.165) is 24.0 Å². The van der Waals surface area contributed by atoms with Gasteiger partial charge in [0.05, 0.1) is 4.90 Å². The van der Waals surface area contributed by atoms with Crippen LogP contribution in [0.5, 0.6) is 0 Å². The normalized spacial score (nSPS) is 13.4. The summed E-state index contributed by atoms with van der Waals surface area (Å²) in [6, 6.07) is 4.21. The topological polar surface area (TPSA) is 114 Å². The van der Waals surface area contributed by atoms with Gasteiger partial charge in [0.25, 0.3) is 10.0 Å². The lowest BCUT2D eigenvalue weighted by atomic mass is 10.1. The Labute approximate surface area is 139 Å². The molecule has 24 heavy (non-hydrogen) atoms. The number of rotatable bonds is 3. The lowest BCUT2D eigenvalue weighted by Gasteiger charge is -2.11. The number of amides is 2. The fourth-order valence-corrected chi connectivity index (χ4v) is 4.03. The van der Waals surface area contributed by atoms with E-state index in [4.69, 9.17) is 0 Å². The van der Waals surface area contributed by atoms with E-state index < -0.39 is 16.1 Å². The molecule has 1 aromatic heterocycles. The average molecular weight is 347 g/mol. The lowest BCUT2D eigenvalue weighted by molar-refractivity contribution is 0.256. The molecule has 0 atom stereocenters. The number of sulfonamides is 1. The highest BCUT2D eigenvalue weighted by molar-refractivity contribution is 7.90. The molecule has 2 N–H and O–H groups in total. The Hall–Kier alpha value is -2.55. The van der Waals surface area contributed by atoms with Crippen LogP contribution >= 0.6 is 0 Å². The molecule has 0 saturated heterocycles. The number of carbonyl (C=O) groups is 1. The second kappa shape index (κ2) is 6.16. The van der Waals surface area contributed by atoms with E-state index in [9.17, 15) is 13.2 Å². The minimum Gasteiger partial charge on any atom is -0.275 e. The van der Waals surface area contributed by atoms with Gasteiger partial charge in [-0.1, -0.05) is 12.1 Å². The first kappa shape index (κ1) is 16.3. The highest BCUT2D eigenvalue weighted by Gasteiger charge is 2.25. The number of nitrogens with one attached hydrogen (secondary N) is 2. The Morgan fingerprint density at radius 3 is 2.50 bits per heavy atom. The number of hydrogen-bond acceptors (Lipinski definition) is 6. The van der Waals surface area contributed by atoms with Gasteiger partial charge in [0.15, 0.2) is 0 Å². The Balaban J connectivity index is 1.80. The van der Waals surface area contributed by atoms with Crippen LogP contribution in [0.25, 0.3) is 0 Å². The van der Waals surface area contributed by atoms with Gasteiger partial charge in [-0.25, -0.2) is 22.9 Å². The summed E-state index contributed by atoms with van der Waals surface area (Å²) in [5, 5.41) is 2.33. The van der Waals surface area contributed by atoms with Crippen LogP contribution in [0.3, 0.4) is 0 Å². The molecule has 0 fully saturated rings. The molecule has 0 bridgehead atoms. The van der Waals surface area contributed by atoms with Crippen molar-refractivity contribution in [2.75, 3.05) is 5.32 Å². The van der Waals surface area contributed by atoms with Crippen molar-refractivity contribution in [3.63, 3.8) is 0 Å². The number of carbonyl (C=O) groups excluding carboxylic acids is 1. The second-order valence-corrected chi connectivity index (χ2v) is 7.21. The van der Waals surface area contributed by atoms with Crippen LogP contribution in [0.15, 0.2) is 23.1 Å². The molecule has 0 spiro atoms. The van der Waals surface area contributed by atoms with Gasteiger partial charge in [-0.3, -0.25) is 5.32 Å². The van der Waals surface area contributed by atoms with Gasteiger partial charge in [0.1, 0.15) is 11.6 Å². The predicted molar refractivity (Wildman–Crippen MR) is 87.1 cm³/mol. The third kappa shape index (κ3) is 3.35. The summed E-state index contributed by atoms with van der Waals surface area (Å²) >= 11 is 0. The molecule has 1 aliphatic rings. The molecule has 2 aromatic rings. The summed E-state index contributed by atoms with van der Waals surface area (Å²) in [5.41, 5.74) is 1.80. The van der Waals surface area contributed by atoms with Gasteiger partial charge in [0.2, 0.25) is 5.95 Å². The minimum atomic E-state index is -3.96. The SMILES string of the molecule is Cc1nc(C)nc(NC(=O)NS(=O)(=O)c2cccc3c2CCC3)n1. The van der Waals surface area contributed by atoms with Crippen molar-refractivity contribution in [1.29, 1.82) is 0 Å². The lowest BCUT2D eigenvalue weighted by Crippen LogP contribution is -2.35. The Morgan fingerprint density at radius 1 is 1.08 bits per heavy atom. The van der Waals surface area contributed by atoms with E-state index in [1.54, 1.807) is 19.9 Å². The van der Waals surface area contributed by atoms with E-state index in [2.05, 4.69) is 20.3 Å². The first-order chi connectivity index (χ1) is 11.3. The Morgan fingerprint density at radius 2 is 1.79 bits per heavy atom. The first-order valence-corrected chi connectivity index (χ1v) is 8.97. The second-order valence-electron chi connectivity index (χ2n) is 5.56. The largest absolute Gasteiger partial charge is 0.335 e. The zero-order valence-corrected chi connectivity index (χ0v) is 14.1. The summed E-state index contributed by atoms with van der Waals surface area (Å²) in [5.74, 6) is 0.870. The van der Waals surface area contributed by atoms with Crippen molar-refractivity contribution < 1.29 is 13.2 Å². The summed E-state index contributed by atoms with van der Waals surface area (Å²) in [6.07, 6.45) is 2.46. The molecule has 2 amide bonds. The number of hydrogen-bond donors (Lipinski definition) is 2. The predicted octanol–water partition coefficient (Wildman–Crippen LogP) is 1.49. The van der Waals surface area contributed by atoms with Crippen molar-refractivity contribution in [3.05, 3.63) is 41.0 Å². The van der Waals surface area contributed by atoms with E-state index >= 15 is 0 Å². The van der Waals surface area contributed by atoms with Crippen LogP contribution in [0.4, 0.5) is 10.7 Å². The smallest absolute Gasteiger partial charge is 0.275 e. The number of urea groups is 1. The van der Waals surface area contributed by atoms with Crippen LogP contribution in [0, 0.1) is 13.8 Å². The maximum atomic E-state index is 12.5. The first-order valence-electron chi connectivity index (χ1n) is 7.49. The highest BCUT2D eigenvalue weighted by atomic mass is 32.2. The van der Waals surface area contributed by atoms with Crippen LogP contribution in [-0.2, 0) is 22.9 Å². The molecule has 0 radical (unpaired) electrons. The zero-order chi connectivity index (χ0) is 17.3. The summed E-state index contributed by atoms with van der Waals surface area (Å²) < 4.78 is 27.0. The number of aryl methyl sites for hydroxylation is 3. The van der Waals surface area contributed by atoms with E-state index in [1.807, 2.05) is 10.8 Å². The molecule has 1 heterocycles. The van der Waals surface area contributed by atoms with Gasteiger partial charge in [0, 0.05) is 0 Å². The molecule has 0 saturated carbocycles. The molecule has 0 unspecified atom stereocenters. The van der Waals surface area contributed by atoms with E-state index in [1.165, 1.54) is 6.07 Å². The zero-order valence-electron chi connectivity index (χ0n) is 13.3. The number of benzene rings is 1. The summed E-state index contributed by atoms with van der Waals surface area (Å²) in [4.78, 5) is 24.1. The number of anilines is 1. The third-order valence-corrected chi connectivity index (χ3v) is 5.12. The van der Waals surface area contributed by atoms with Gasteiger partial charge >= 0.3 is 6.03 Å². The van der Waals surface area contributed by atoms with Crippen LogP contribution in [-0.4, -0.2) is 29.4 Å². The molecule has 1 aliphatic carbocycles. The molecule has 8 nitrogen and oxygen atoms in total. The van der Waals surface area contributed by atoms with Crippen molar-refractivity contribution in [1.82, 2.24) is 19.7 Å². The highest BCUT2D eigenvalue weighted by Crippen LogP contribution is 2.28.